The number of furan rings is 1. The van der Waals surface area contributed by atoms with Crippen molar-refractivity contribution in [3.63, 3.8) is 0 Å². The van der Waals surface area contributed by atoms with Crippen molar-refractivity contribution in [2.45, 2.75) is 19.3 Å². The van der Waals surface area contributed by atoms with E-state index in [0.29, 0.717) is 0 Å². The molecule has 0 atom stereocenters. The molecule has 0 saturated carbocycles. The van der Waals surface area contributed by atoms with Crippen molar-refractivity contribution in [3.8, 4) is 11.1 Å². The summed E-state index contributed by atoms with van der Waals surface area (Å²) in [6.45, 7) is 4.70. The van der Waals surface area contributed by atoms with E-state index in [1.165, 1.54) is 43.8 Å². The fourth-order valence-electron chi connectivity index (χ4n) is 7.34. The van der Waals surface area contributed by atoms with E-state index in [1.807, 2.05) is 12.1 Å². The lowest BCUT2D eigenvalue weighted by Gasteiger charge is -2.29. The maximum atomic E-state index is 6.23. The number of rotatable bonds is 3. The highest BCUT2D eigenvalue weighted by atomic mass is 16.3. The van der Waals surface area contributed by atoms with Gasteiger partial charge in [0, 0.05) is 32.9 Å². The molecule has 0 unspecified atom stereocenters. The summed E-state index contributed by atoms with van der Waals surface area (Å²) in [6, 6.07) is 50.6. The largest absolute Gasteiger partial charge is 0.456 e. The summed E-state index contributed by atoms with van der Waals surface area (Å²) in [4.78, 5) is 2.44. The summed E-state index contributed by atoms with van der Waals surface area (Å²) in [6.07, 6.45) is 0. The lowest BCUT2D eigenvalue weighted by atomic mass is 9.82. The van der Waals surface area contributed by atoms with Crippen LogP contribution in [0.1, 0.15) is 25.0 Å². The summed E-state index contributed by atoms with van der Waals surface area (Å²) >= 11 is 0. The first-order chi connectivity index (χ1) is 21.1. The van der Waals surface area contributed by atoms with Crippen LogP contribution in [0.25, 0.3) is 54.6 Å². The summed E-state index contributed by atoms with van der Waals surface area (Å²) in [7, 11) is 0. The van der Waals surface area contributed by atoms with Gasteiger partial charge in [-0.05, 0) is 80.9 Å². The highest BCUT2D eigenvalue weighted by molar-refractivity contribution is 6.15. The van der Waals surface area contributed by atoms with Crippen LogP contribution < -0.4 is 4.90 Å². The van der Waals surface area contributed by atoms with Gasteiger partial charge in [0.1, 0.15) is 11.2 Å². The van der Waals surface area contributed by atoms with E-state index in [-0.39, 0.29) is 5.41 Å². The molecule has 7 aromatic carbocycles. The van der Waals surface area contributed by atoms with E-state index in [4.69, 9.17) is 4.42 Å². The molecule has 0 fully saturated rings. The molecule has 1 heterocycles. The van der Waals surface area contributed by atoms with E-state index in [9.17, 15) is 0 Å². The van der Waals surface area contributed by atoms with Crippen LogP contribution in [0.4, 0.5) is 17.1 Å². The number of nitrogens with zero attached hydrogens (tertiary/aromatic N) is 1. The highest BCUT2D eigenvalue weighted by Gasteiger charge is 2.35. The fourth-order valence-corrected chi connectivity index (χ4v) is 7.34. The smallest absolute Gasteiger partial charge is 0.135 e. The van der Waals surface area contributed by atoms with Gasteiger partial charge < -0.3 is 9.32 Å². The first-order valence-corrected chi connectivity index (χ1v) is 14.9. The number of anilines is 3. The van der Waals surface area contributed by atoms with Gasteiger partial charge in [0.2, 0.25) is 0 Å². The Morgan fingerprint density at radius 3 is 2.09 bits per heavy atom. The van der Waals surface area contributed by atoms with E-state index >= 15 is 0 Å². The maximum absolute atomic E-state index is 6.23. The molecule has 2 nitrogen and oxygen atoms in total. The minimum Gasteiger partial charge on any atom is -0.456 e. The molecule has 0 radical (unpaired) electrons. The number of benzene rings is 7. The second kappa shape index (κ2) is 8.83. The molecule has 0 bridgehead atoms. The van der Waals surface area contributed by atoms with Gasteiger partial charge in [-0.15, -0.1) is 0 Å². The summed E-state index contributed by atoms with van der Waals surface area (Å²) < 4.78 is 6.23. The molecule has 1 aliphatic carbocycles. The van der Waals surface area contributed by atoms with Crippen molar-refractivity contribution < 1.29 is 4.42 Å². The SMILES string of the molecule is CC1(C)c2ccccc2-c2ccc(N(c3ccc4oc5ccccc5c4c3)c3cccc4ccc5ccccc5c34)cc21. The topological polar surface area (TPSA) is 16.4 Å². The normalized spacial score (nSPS) is 13.5. The Morgan fingerprint density at radius 1 is 0.488 bits per heavy atom. The van der Waals surface area contributed by atoms with Crippen molar-refractivity contribution in [2.75, 3.05) is 4.90 Å². The van der Waals surface area contributed by atoms with Gasteiger partial charge in [0.25, 0.3) is 0 Å². The number of hydrogen-bond donors (Lipinski definition) is 0. The molecule has 0 amide bonds. The Labute approximate surface area is 250 Å². The van der Waals surface area contributed by atoms with Gasteiger partial charge in [0.15, 0.2) is 0 Å². The molecule has 0 spiro atoms. The Balaban J connectivity index is 1.35. The van der Waals surface area contributed by atoms with E-state index in [2.05, 4.69) is 146 Å². The van der Waals surface area contributed by atoms with Gasteiger partial charge in [-0.3, -0.25) is 0 Å². The zero-order valence-corrected chi connectivity index (χ0v) is 24.1. The van der Waals surface area contributed by atoms with E-state index in [0.717, 1.165) is 39.0 Å². The third kappa shape index (κ3) is 3.47. The van der Waals surface area contributed by atoms with Crippen LogP contribution in [0.5, 0.6) is 0 Å². The van der Waals surface area contributed by atoms with Gasteiger partial charge in [-0.25, -0.2) is 0 Å². The summed E-state index contributed by atoms with van der Waals surface area (Å²) in [5.74, 6) is 0. The number of fused-ring (bicyclic) bond motifs is 9. The van der Waals surface area contributed by atoms with Crippen LogP contribution in [0.3, 0.4) is 0 Å². The molecule has 43 heavy (non-hydrogen) atoms. The molecule has 204 valence electrons. The lowest BCUT2D eigenvalue weighted by Crippen LogP contribution is -2.16. The predicted octanol–water partition coefficient (Wildman–Crippen LogP) is 11.7. The second-order valence-electron chi connectivity index (χ2n) is 12.2. The van der Waals surface area contributed by atoms with Crippen LogP contribution in [0, 0.1) is 0 Å². The monoisotopic (exact) mass is 551 g/mol. The molecule has 1 aromatic heterocycles. The van der Waals surface area contributed by atoms with Crippen molar-refractivity contribution >= 4 is 60.5 Å². The molecule has 0 aliphatic heterocycles. The quantitative estimate of drug-likeness (QED) is 0.203. The second-order valence-corrected chi connectivity index (χ2v) is 12.2. The standard InChI is InChI=1S/C41H29NO/c1-41(2)35-15-7-5-13-31(35)32-22-20-29(25-36(32)41)42(28-21-23-39-34(24-28)33-14-6-8-17-38(33)43-39)37-16-9-11-27-19-18-26-10-3-4-12-30(26)40(27)37/h3-25H,1-2H3. The van der Waals surface area contributed by atoms with Crippen LogP contribution in [-0.2, 0) is 5.41 Å². The Hall–Kier alpha value is -5.34. The Kier molecular flexibility index (Phi) is 4.99. The minimum absolute atomic E-state index is 0.0935. The van der Waals surface area contributed by atoms with E-state index < -0.39 is 0 Å². The zero-order chi connectivity index (χ0) is 28.7. The van der Waals surface area contributed by atoms with Crippen LogP contribution >= 0.6 is 0 Å². The maximum Gasteiger partial charge on any atom is 0.135 e. The third-order valence-electron chi connectivity index (χ3n) is 9.43. The first kappa shape index (κ1) is 24.3. The van der Waals surface area contributed by atoms with Gasteiger partial charge in [0.05, 0.1) is 5.69 Å². The van der Waals surface area contributed by atoms with Crippen molar-refractivity contribution in [2.24, 2.45) is 0 Å². The van der Waals surface area contributed by atoms with Crippen LogP contribution in [-0.4, -0.2) is 0 Å². The van der Waals surface area contributed by atoms with Crippen LogP contribution in [0.2, 0.25) is 0 Å². The molecule has 0 N–H and O–H groups in total. The predicted molar refractivity (Wildman–Crippen MR) is 181 cm³/mol. The minimum atomic E-state index is -0.0935. The molecule has 2 heteroatoms. The van der Waals surface area contributed by atoms with Crippen molar-refractivity contribution in [1.29, 1.82) is 0 Å². The molecule has 1 aliphatic rings. The van der Waals surface area contributed by atoms with Crippen molar-refractivity contribution in [3.05, 3.63) is 151 Å². The van der Waals surface area contributed by atoms with E-state index in [1.54, 1.807) is 0 Å². The molecule has 0 saturated heterocycles. The molecule has 8 aromatic rings. The average Bonchev–Trinajstić information content (AvgIpc) is 3.53. The van der Waals surface area contributed by atoms with Gasteiger partial charge in [-0.1, -0.05) is 111 Å². The van der Waals surface area contributed by atoms with Crippen molar-refractivity contribution in [1.82, 2.24) is 0 Å². The highest BCUT2D eigenvalue weighted by Crippen LogP contribution is 2.51. The van der Waals surface area contributed by atoms with Gasteiger partial charge in [-0.2, -0.15) is 0 Å². The first-order valence-electron chi connectivity index (χ1n) is 14.9. The van der Waals surface area contributed by atoms with Gasteiger partial charge >= 0.3 is 0 Å². The average molecular weight is 552 g/mol. The Bertz CT molecular complexity index is 2390. The number of hydrogen-bond acceptors (Lipinski definition) is 2. The molecule has 9 rings (SSSR count). The summed E-state index contributed by atoms with van der Waals surface area (Å²) in [5, 5.41) is 7.23. The Morgan fingerprint density at radius 2 is 1.16 bits per heavy atom. The lowest BCUT2D eigenvalue weighted by molar-refractivity contribution is 0.660. The fraction of sp³-hybridized carbons (Fsp3) is 0.0732. The molecular weight excluding hydrogens is 522 g/mol. The van der Waals surface area contributed by atoms with Crippen LogP contribution in [0.15, 0.2) is 144 Å². The number of para-hydroxylation sites is 1. The third-order valence-corrected chi connectivity index (χ3v) is 9.43. The summed E-state index contributed by atoms with van der Waals surface area (Å²) in [5.41, 5.74) is 10.5. The zero-order valence-electron chi connectivity index (χ0n) is 24.1. The molecular formula is C41H29NO.